The summed E-state index contributed by atoms with van der Waals surface area (Å²) in [6.45, 7) is 1.33. The SMILES string of the molecule is COC1=CC(=O)OC1(C)CO. The molecule has 1 heterocycles. The first-order valence-electron chi connectivity index (χ1n) is 3.22. The highest BCUT2D eigenvalue weighted by molar-refractivity contribution is 5.86. The normalized spacial score (nSPS) is 29.7. The lowest BCUT2D eigenvalue weighted by molar-refractivity contribution is -0.149. The predicted molar refractivity (Wildman–Crippen MR) is 36.7 cm³/mol. The molecule has 0 bridgehead atoms. The Balaban J connectivity index is 2.86. The van der Waals surface area contributed by atoms with Gasteiger partial charge in [0.2, 0.25) is 0 Å². The van der Waals surface area contributed by atoms with Crippen molar-refractivity contribution in [1.29, 1.82) is 0 Å². The van der Waals surface area contributed by atoms with Crippen molar-refractivity contribution in [2.75, 3.05) is 13.7 Å². The van der Waals surface area contributed by atoms with Gasteiger partial charge >= 0.3 is 5.97 Å². The van der Waals surface area contributed by atoms with Gasteiger partial charge in [-0.25, -0.2) is 4.79 Å². The second-order valence-corrected chi connectivity index (χ2v) is 2.52. The standard InChI is InChI=1S/C7H10O4/c1-7(4-8)5(10-2)3-6(9)11-7/h3,8H,4H2,1-2H3. The lowest BCUT2D eigenvalue weighted by atomic mass is 10.1. The van der Waals surface area contributed by atoms with Crippen LogP contribution < -0.4 is 0 Å². The van der Waals surface area contributed by atoms with Crippen molar-refractivity contribution in [3.05, 3.63) is 11.8 Å². The molecule has 1 aliphatic rings. The molecule has 0 aromatic rings. The summed E-state index contributed by atoms with van der Waals surface area (Å²) in [5.74, 6) is -0.108. The zero-order chi connectivity index (χ0) is 8.48. The van der Waals surface area contributed by atoms with Crippen LogP contribution in [0.3, 0.4) is 0 Å². The minimum absolute atomic E-state index is 0.265. The molecule has 1 unspecified atom stereocenters. The molecule has 0 aliphatic carbocycles. The number of rotatable bonds is 2. The number of hydrogen-bond acceptors (Lipinski definition) is 4. The third kappa shape index (κ3) is 1.21. The van der Waals surface area contributed by atoms with Gasteiger partial charge in [0.25, 0.3) is 0 Å². The van der Waals surface area contributed by atoms with E-state index in [1.807, 2.05) is 0 Å². The van der Waals surface area contributed by atoms with Crippen molar-refractivity contribution in [1.82, 2.24) is 0 Å². The predicted octanol–water partition coefficient (Wildman–Crippen LogP) is -0.176. The summed E-state index contributed by atoms with van der Waals surface area (Å²) < 4.78 is 9.64. The van der Waals surface area contributed by atoms with Gasteiger partial charge in [0.05, 0.1) is 19.8 Å². The Bertz CT molecular complexity index is 208. The molecular formula is C7H10O4. The van der Waals surface area contributed by atoms with Crippen LogP contribution in [0, 0.1) is 0 Å². The zero-order valence-electron chi connectivity index (χ0n) is 6.46. The maximum absolute atomic E-state index is 10.7. The number of ether oxygens (including phenoxy) is 2. The number of hydrogen-bond donors (Lipinski definition) is 1. The summed E-state index contributed by atoms with van der Waals surface area (Å²) in [4.78, 5) is 10.7. The molecular weight excluding hydrogens is 148 g/mol. The molecule has 1 N–H and O–H groups in total. The maximum atomic E-state index is 10.7. The van der Waals surface area contributed by atoms with Gasteiger partial charge in [0.15, 0.2) is 5.60 Å². The first kappa shape index (κ1) is 8.07. The topological polar surface area (TPSA) is 55.8 Å². The lowest BCUT2D eigenvalue weighted by Crippen LogP contribution is -2.33. The van der Waals surface area contributed by atoms with E-state index in [4.69, 9.17) is 14.6 Å². The summed E-state index contributed by atoms with van der Waals surface area (Å²) in [7, 11) is 1.43. The molecule has 1 aliphatic heterocycles. The highest BCUT2D eigenvalue weighted by Crippen LogP contribution is 2.27. The minimum atomic E-state index is -0.980. The summed E-state index contributed by atoms with van der Waals surface area (Å²) in [6, 6.07) is 0. The van der Waals surface area contributed by atoms with Gasteiger partial charge in [-0.05, 0) is 6.92 Å². The Morgan fingerprint density at radius 3 is 2.82 bits per heavy atom. The number of aliphatic hydroxyl groups excluding tert-OH is 1. The second-order valence-electron chi connectivity index (χ2n) is 2.52. The number of esters is 1. The molecule has 0 aromatic heterocycles. The van der Waals surface area contributed by atoms with Crippen molar-refractivity contribution >= 4 is 5.97 Å². The van der Waals surface area contributed by atoms with Gasteiger partial charge in [-0.1, -0.05) is 0 Å². The molecule has 1 rings (SSSR count). The minimum Gasteiger partial charge on any atom is -0.496 e. The van der Waals surface area contributed by atoms with E-state index in [0.717, 1.165) is 0 Å². The number of methoxy groups -OCH3 is 1. The van der Waals surface area contributed by atoms with Gasteiger partial charge in [0.1, 0.15) is 5.76 Å². The van der Waals surface area contributed by atoms with Crippen LogP contribution >= 0.6 is 0 Å². The third-order valence-electron chi connectivity index (χ3n) is 1.62. The molecule has 4 nitrogen and oxygen atoms in total. The molecule has 11 heavy (non-hydrogen) atoms. The summed E-state index contributed by atoms with van der Waals surface area (Å²) >= 11 is 0. The van der Waals surface area contributed by atoms with Crippen LogP contribution in [0.1, 0.15) is 6.92 Å². The molecule has 1 atom stereocenters. The van der Waals surface area contributed by atoms with E-state index in [2.05, 4.69) is 0 Å². The Morgan fingerprint density at radius 2 is 2.45 bits per heavy atom. The van der Waals surface area contributed by atoms with Crippen molar-refractivity contribution in [3.63, 3.8) is 0 Å². The van der Waals surface area contributed by atoms with E-state index in [1.54, 1.807) is 6.92 Å². The number of carbonyl (C=O) groups excluding carboxylic acids is 1. The van der Waals surface area contributed by atoms with Crippen LogP contribution in [0.25, 0.3) is 0 Å². The van der Waals surface area contributed by atoms with Crippen LogP contribution in [0.4, 0.5) is 0 Å². The lowest BCUT2D eigenvalue weighted by Gasteiger charge is -2.22. The molecule has 0 spiro atoms. The molecule has 0 radical (unpaired) electrons. The van der Waals surface area contributed by atoms with Gasteiger partial charge in [0, 0.05) is 0 Å². The van der Waals surface area contributed by atoms with Gasteiger partial charge in [-0.3, -0.25) is 0 Å². The van der Waals surface area contributed by atoms with E-state index in [-0.39, 0.29) is 6.61 Å². The first-order chi connectivity index (χ1) is 5.12. The van der Waals surface area contributed by atoms with Crippen molar-refractivity contribution in [2.24, 2.45) is 0 Å². The Morgan fingerprint density at radius 1 is 1.82 bits per heavy atom. The van der Waals surface area contributed by atoms with Crippen LogP contribution in [0.15, 0.2) is 11.8 Å². The fourth-order valence-corrected chi connectivity index (χ4v) is 0.946. The fourth-order valence-electron chi connectivity index (χ4n) is 0.946. The molecule has 0 fully saturated rings. The fraction of sp³-hybridized carbons (Fsp3) is 0.571. The smallest absolute Gasteiger partial charge is 0.335 e. The van der Waals surface area contributed by atoms with Crippen LogP contribution in [0.5, 0.6) is 0 Å². The van der Waals surface area contributed by atoms with E-state index in [1.165, 1.54) is 13.2 Å². The Labute approximate surface area is 64.4 Å². The monoisotopic (exact) mass is 158 g/mol. The van der Waals surface area contributed by atoms with E-state index in [0.29, 0.717) is 5.76 Å². The highest BCUT2D eigenvalue weighted by Gasteiger charge is 2.39. The van der Waals surface area contributed by atoms with E-state index < -0.39 is 11.6 Å². The molecule has 0 aromatic carbocycles. The van der Waals surface area contributed by atoms with Gasteiger partial charge in [-0.2, -0.15) is 0 Å². The van der Waals surface area contributed by atoms with E-state index >= 15 is 0 Å². The summed E-state index contributed by atoms with van der Waals surface area (Å²) in [5, 5.41) is 8.85. The quantitative estimate of drug-likeness (QED) is 0.566. The van der Waals surface area contributed by atoms with Gasteiger partial charge < -0.3 is 14.6 Å². The summed E-state index contributed by atoms with van der Waals surface area (Å²) in [5.41, 5.74) is -0.980. The molecule has 0 amide bonds. The number of cyclic esters (lactones) is 1. The molecule has 4 heteroatoms. The molecule has 62 valence electrons. The van der Waals surface area contributed by atoms with Gasteiger partial charge in [-0.15, -0.1) is 0 Å². The van der Waals surface area contributed by atoms with Crippen LogP contribution in [-0.4, -0.2) is 30.4 Å². The Kier molecular flexibility index (Phi) is 1.87. The van der Waals surface area contributed by atoms with Crippen LogP contribution in [0.2, 0.25) is 0 Å². The highest BCUT2D eigenvalue weighted by atomic mass is 16.6. The average Bonchev–Trinajstić information content (AvgIpc) is 2.27. The maximum Gasteiger partial charge on any atom is 0.335 e. The van der Waals surface area contributed by atoms with Crippen LogP contribution in [-0.2, 0) is 14.3 Å². The second kappa shape index (κ2) is 2.54. The Hall–Kier alpha value is -1.03. The summed E-state index contributed by atoms with van der Waals surface area (Å²) in [6.07, 6.45) is 1.23. The average molecular weight is 158 g/mol. The molecule has 0 saturated carbocycles. The van der Waals surface area contributed by atoms with Crippen molar-refractivity contribution in [2.45, 2.75) is 12.5 Å². The van der Waals surface area contributed by atoms with E-state index in [9.17, 15) is 4.79 Å². The molecule has 0 saturated heterocycles. The first-order valence-corrected chi connectivity index (χ1v) is 3.22. The number of aliphatic hydroxyl groups is 1. The third-order valence-corrected chi connectivity index (χ3v) is 1.62. The van der Waals surface area contributed by atoms with Crippen molar-refractivity contribution in [3.8, 4) is 0 Å². The number of carbonyl (C=O) groups is 1. The van der Waals surface area contributed by atoms with Crippen molar-refractivity contribution < 1.29 is 19.4 Å². The largest absolute Gasteiger partial charge is 0.496 e. The zero-order valence-corrected chi connectivity index (χ0v) is 6.46.